The maximum atomic E-state index is 12.3. The average molecular weight is 361 g/mol. The Morgan fingerprint density at radius 1 is 1.23 bits per heavy atom. The molecule has 0 saturated carbocycles. The fourth-order valence-corrected chi connectivity index (χ4v) is 4.00. The lowest BCUT2D eigenvalue weighted by molar-refractivity contribution is -0.127. The predicted molar refractivity (Wildman–Crippen MR) is 108 cm³/mol. The zero-order valence-electron chi connectivity index (χ0n) is 17.4. The summed E-state index contributed by atoms with van der Waals surface area (Å²) in [5.41, 5.74) is 3.45. The van der Waals surface area contributed by atoms with E-state index in [2.05, 4.69) is 37.1 Å². The molecule has 26 heavy (non-hydrogen) atoms. The maximum absolute atomic E-state index is 12.3. The van der Waals surface area contributed by atoms with Gasteiger partial charge in [0.2, 0.25) is 0 Å². The molecule has 0 bridgehead atoms. The smallest absolute Gasteiger partial charge is 0.260 e. The van der Waals surface area contributed by atoms with Crippen molar-refractivity contribution in [2.24, 2.45) is 11.8 Å². The monoisotopic (exact) mass is 360 g/mol. The van der Waals surface area contributed by atoms with Gasteiger partial charge in [0.1, 0.15) is 5.75 Å². The molecule has 4 heteroatoms. The standard InChI is InChI=1S/C22H36N2O2/c1-15-11-18(4)19(5)21(12-15)26-20(6)22(25)23-8-7-9-24-13-16(2)10-17(3)14-24/h11-12,16-17,20H,7-10,13-14H2,1-6H3,(H,23,25)/t16-,17+,20-/m1/s1. The summed E-state index contributed by atoms with van der Waals surface area (Å²) in [6.07, 6.45) is 1.84. The van der Waals surface area contributed by atoms with Gasteiger partial charge < -0.3 is 15.0 Å². The van der Waals surface area contributed by atoms with Gasteiger partial charge in [-0.3, -0.25) is 4.79 Å². The van der Waals surface area contributed by atoms with Gasteiger partial charge in [-0.05, 0) is 81.7 Å². The molecule has 2 rings (SSSR count). The summed E-state index contributed by atoms with van der Waals surface area (Å²) >= 11 is 0. The molecule has 0 aliphatic carbocycles. The van der Waals surface area contributed by atoms with Crippen molar-refractivity contribution in [2.75, 3.05) is 26.2 Å². The largest absolute Gasteiger partial charge is 0.481 e. The molecule has 0 aromatic heterocycles. The Balaban J connectivity index is 1.74. The number of likely N-dealkylation sites (tertiary alicyclic amines) is 1. The van der Waals surface area contributed by atoms with Crippen molar-refractivity contribution in [3.63, 3.8) is 0 Å². The number of rotatable bonds is 7. The summed E-state index contributed by atoms with van der Waals surface area (Å²) in [6.45, 7) is 16.8. The first-order valence-corrected chi connectivity index (χ1v) is 10.0. The Hall–Kier alpha value is -1.55. The zero-order chi connectivity index (χ0) is 19.3. The van der Waals surface area contributed by atoms with E-state index in [-0.39, 0.29) is 5.91 Å². The molecule has 4 nitrogen and oxygen atoms in total. The van der Waals surface area contributed by atoms with E-state index < -0.39 is 6.10 Å². The molecule has 1 N–H and O–H groups in total. The highest BCUT2D eigenvalue weighted by molar-refractivity contribution is 5.80. The third-order valence-electron chi connectivity index (χ3n) is 5.33. The summed E-state index contributed by atoms with van der Waals surface area (Å²) in [5.74, 6) is 2.33. The molecule has 1 aliphatic heterocycles. The van der Waals surface area contributed by atoms with E-state index in [1.165, 1.54) is 25.1 Å². The summed E-state index contributed by atoms with van der Waals surface area (Å²) in [4.78, 5) is 14.9. The van der Waals surface area contributed by atoms with Gasteiger partial charge >= 0.3 is 0 Å². The van der Waals surface area contributed by atoms with Crippen LogP contribution >= 0.6 is 0 Å². The number of nitrogens with zero attached hydrogens (tertiary/aromatic N) is 1. The number of hydrogen-bond donors (Lipinski definition) is 1. The highest BCUT2D eigenvalue weighted by Crippen LogP contribution is 2.24. The zero-order valence-corrected chi connectivity index (χ0v) is 17.4. The van der Waals surface area contributed by atoms with Crippen LogP contribution in [0.3, 0.4) is 0 Å². The molecule has 1 heterocycles. The number of ether oxygens (including phenoxy) is 1. The van der Waals surface area contributed by atoms with Crippen LogP contribution < -0.4 is 10.1 Å². The summed E-state index contributed by atoms with van der Waals surface area (Å²) < 4.78 is 5.92. The van der Waals surface area contributed by atoms with Crippen molar-refractivity contribution in [1.82, 2.24) is 10.2 Å². The minimum Gasteiger partial charge on any atom is -0.481 e. The Kier molecular flexibility index (Phi) is 7.51. The molecule has 1 aromatic rings. The van der Waals surface area contributed by atoms with E-state index >= 15 is 0 Å². The molecule has 1 amide bonds. The summed E-state index contributed by atoms with van der Waals surface area (Å²) in [6, 6.07) is 4.14. The van der Waals surface area contributed by atoms with Crippen molar-refractivity contribution in [3.05, 3.63) is 28.8 Å². The third-order valence-corrected chi connectivity index (χ3v) is 5.33. The number of benzene rings is 1. The Morgan fingerprint density at radius 3 is 2.54 bits per heavy atom. The van der Waals surface area contributed by atoms with Crippen molar-refractivity contribution in [3.8, 4) is 5.75 Å². The lowest BCUT2D eigenvalue weighted by Gasteiger charge is -2.34. The maximum Gasteiger partial charge on any atom is 0.260 e. The highest BCUT2D eigenvalue weighted by atomic mass is 16.5. The first-order chi connectivity index (χ1) is 12.3. The second-order valence-electron chi connectivity index (χ2n) is 8.32. The molecule has 1 aliphatic rings. The quantitative estimate of drug-likeness (QED) is 0.751. The minimum absolute atomic E-state index is 0.0380. The van der Waals surface area contributed by atoms with Crippen LogP contribution in [-0.4, -0.2) is 43.1 Å². The molecular formula is C22H36N2O2. The summed E-state index contributed by atoms with van der Waals surface area (Å²) in [5, 5.41) is 3.02. The van der Waals surface area contributed by atoms with Crippen molar-refractivity contribution in [2.45, 2.75) is 60.5 Å². The number of nitrogens with one attached hydrogen (secondary N) is 1. The summed E-state index contributed by atoms with van der Waals surface area (Å²) in [7, 11) is 0. The van der Waals surface area contributed by atoms with Crippen molar-refractivity contribution in [1.29, 1.82) is 0 Å². The molecule has 1 aromatic carbocycles. The number of piperidine rings is 1. The van der Waals surface area contributed by atoms with Crippen molar-refractivity contribution >= 4 is 5.91 Å². The third kappa shape index (κ3) is 6.01. The van der Waals surface area contributed by atoms with Gasteiger partial charge in [0.25, 0.3) is 5.91 Å². The molecular weight excluding hydrogens is 324 g/mol. The Bertz CT molecular complexity index is 604. The van der Waals surface area contributed by atoms with Crippen LogP contribution in [0, 0.1) is 32.6 Å². The Labute approximate surface area is 159 Å². The number of carbonyl (C=O) groups is 1. The molecule has 146 valence electrons. The molecule has 1 saturated heterocycles. The molecule has 0 unspecified atom stereocenters. The first-order valence-electron chi connectivity index (χ1n) is 10.0. The molecule has 1 fully saturated rings. The highest BCUT2D eigenvalue weighted by Gasteiger charge is 2.21. The topological polar surface area (TPSA) is 41.6 Å². The average Bonchev–Trinajstić information content (AvgIpc) is 2.55. The SMILES string of the molecule is Cc1cc(C)c(C)c(O[C@H](C)C(=O)NCCCN2C[C@H](C)C[C@H](C)C2)c1. The van der Waals surface area contributed by atoms with Gasteiger partial charge in [-0.2, -0.15) is 0 Å². The van der Waals surface area contributed by atoms with Gasteiger partial charge in [-0.25, -0.2) is 0 Å². The van der Waals surface area contributed by atoms with Crippen LogP contribution in [-0.2, 0) is 4.79 Å². The lowest BCUT2D eigenvalue weighted by Crippen LogP contribution is -2.41. The van der Waals surface area contributed by atoms with Crippen LogP contribution in [0.15, 0.2) is 12.1 Å². The lowest BCUT2D eigenvalue weighted by atomic mass is 9.92. The Morgan fingerprint density at radius 2 is 1.88 bits per heavy atom. The van der Waals surface area contributed by atoms with E-state index in [4.69, 9.17) is 4.74 Å². The van der Waals surface area contributed by atoms with Gasteiger partial charge in [0.05, 0.1) is 0 Å². The minimum atomic E-state index is -0.482. The van der Waals surface area contributed by atoms with Crippen LogP contribution in [0.2, 0.25) is 0 Å². The first kappa shape index (κ1) is 20.8. The van der Waals surface area contributed by atoms with Gasteiger partial charge in [0, 0.05) is 19.6 Å². The van der Waals surface area contributed by atoms with Crippen LogP contribution in [0.5, 0.6) is 5.75 Å². The molecule has 3 atom stereocenters. The van der Waals surface area contributed by atoms with E-state index in [0.29, 0.717) is 6.54 Å². The number of amides is 1. The van der Waals surface area contributed by atoms with E-state index in [1.54, 1.807) is 0 Å². The van der Waals surface area contributed by atoms with Crippen LogP contribution in [0.25, 0.3) is 0 Å². The number of hydrogen-bond acceptors (Lipinski definition) is 3. The fourth-order valence-electron chi connectivity index (χ4n) is 4.00. The van der Waals surface area contributed by atoms with Crippen molar-refractivity contribution < 1.29 is 9.53 Å². The second kappa shape index (κ2) is 9.40. The predicted octanol–water partition coefficient (Wildman–Crippen LogP) is 3.86. The van der Waals surface area contributed by atoms with Gasteiger partial charge in [-0.1, -0.05) is 19.9 Å². The van der Waals surface area contributed by atoms with Gasteiger partial charge in [0.15, 0.2) is 6.10 Å². The number of carbonyl (C=O) groups excluding carboxylic acids is 1. The second-order valence-corrected chi connectivity index (χ2v) is 8.32. The van der Waals surface area contributed by atoms with E-state index in [0.717, 1.165) is 41.7 Å². The fraction of sp³-hybridized carbons (Fsp3) is 0.682. The molecule has 0 spiro atoms. The molecule has 0 radical (unpaired) electrons. The normalized spacial score (nSPS) is 22.1. The van der Waals surface area contributed by atoms with Crippen LogP contribution in [0.1, 0.15) is 50.3 Å². The van der Waals surface area contributed by atoms with E-state index in [9.17, 15) is 4.79 Å². The van der Waals surface area contributed by atoms with E-state index in [1.807, 2.05) is 26.8 Å². The van der Waals surface area contributed by atoms with Gasteiger partial charge in [-0.15, -0.1) is 0 Å². The number of aryl methyl sites for hydroxylation is 2. The van der Waals surface area contributed by atoms with Crippen LogP contribution in [0.4, 0.5) is 0 Å².